The zero-order valence-corrected chi connectivity index (χ0v) is 9.59. The van der Waals surface area contributed by atoms with Gasteiger partial charge in [-0.15, -0.1) is 0 Å². The van der Waals surface area contributed by atoms with Crippen molar-refractivity contribution in [3.63, 3.8) is 0 Å². The van der Waals surface area contributed by atoms with Gasteiger partial charge in [-0.3, -0.25) is 4.98 Å². The Balaban J connectivity index is 1.79. The largest absolute Gasteiger partial charge is 0.490 e. The second kappa shape index (κ2) is 5.27. The number of likely N-dealkylation sites (N-methyl/N-ethyl adjacent to an activating group) is 1. The van der Waals surface area contributed by atoms with Crippen molar-refractivity contribution in [3.8, 4) is 5.75 Å². The maximum atomic E-state index is 9.11. The first-order valence-corrected chi connectivity index (χ1v) is 5.68. The monoisotopic (exact) mass is 222 g/mol. The molecule has 0 atom stereocenters. The molecule has 1 N–H and O–H groups in total. The molecule has 0 bridgehead atoms. The summed E-state index contributed by atoms with van der Waals surface area (Å²) in [6, 6.07) is 2.54. The molecule has 1 aliphatic carbocycles. The van der Waals surface area contributed by atoms with Crippen molar-refractivity contribution >= 4 is 0 Å². The summed E-state index contributed by atoms with van der Waals surface area (Å²) in [4.78, 5) is 6.30. The molecule has 2 rings (SSSR count). The van der Waals surface area contributed by atoms with Crippen molar-refractivity contribution < 1.29 is 9.84 Å². The summed E-state index contributed by atoms with van der Waals surface area (Å²) in [5, 5.41) is 9.11. The Labute approximate surface area is 95.9 Å². The number of ether oxygens (including phenoxy) is 1. The van der Waals surface area contributed by atoms with Crippen LogP contribution in [0, 0.1) is 0 Å². The van der Waals surface area contributed by atoms with Gasteiger partial charge in [0.05, 0.1) is 12.8 Å². The highest BCUT2D eigenvalue weighted by Gasteiger charge is 2.25. The summed E-state index contributed by atoms with van der Waals surface area (Å²) in [6.45, 7) is 1.56. The van der Waals surface area contributed by atoms with E-state index in [1.165, 1.54) is 12.8 Å². The van der Waals surface area contributed by atoms with E-state index in [0.29, 0.717) is 12.4 Å². The van der Waals surface area contributed by atoms with Crippen LogP contribution in [0.5, 0.6) is 5.75 Å². The van der Waals surface area contributed by atoms with Gasteiger partial charge in [-0.05, 0) is 26.0 Å². The van der Waals surface area contributed by atoms with Gasteiger partial charge in [0.2, 0.25) is 0 Å². The molecule has 1 heterocycles. The van der Waals surface area contributed by atoms with Gasteiger partial charge in [0, 0.05) is 24.3 Å². The van der Waals surface area contributed by atoms with Gasteiger partial charge in [-0.1, -0.05) is 0 Å². The molecule has 0 aromatic carbocycles. The normalized spacial score (nSPS) is 15.4. The molecule has 0 saturated heterocycles. The van der Waals surface area contributed by atoms with Gasteiger partial charge in [-0.2, -0.15) is 0 Å². The Kier molecular flexibility index (Phi) is 3.74. The van der Waals surface area contributed by atoms with Crippen LogP contribution in [0.15, 0.2) is 18.5 Å². The number of hydrogen-bond donors (Lipinski definition) is 1. The maximum absolute atomic E-state index is 9.11. The van der Waals surface area contributed by atoms with Crippen molar-refractivity contribution in [1.29, 1.82) is 0 Å². The number of aliphatic hydroxyl groups is 1. The predicted molar refractivity (Wildman–Crippen MR) is 61.3 cm³/mol. The first-order chi connectivity index (χ1) is 7.81. The standard InChI is InChI=1S/C12H18N2O2/c1-14(11-2-3-11)6-7-16-12-8-13-5-4-10(12)9-15/h4-5,8,11,15H,2-3,6-7,9H2,1H3. The van der Waals surface area contributed by atoms with Gasteiger partial charge in [0.1, 0.15) is 12.4 Å². The molecule has 0 amide bonds. The summed E-state index contributed by atoms with van der Waals surface area (Å²) in [5.74, 6) is 0.689. The van der Waals surface area contributed by atoms with Gasteiger partial charge < -0.3 is 14.7 Å². The molecule has 1 fully saturated rings. The van der Waals surface area contributed by atoms with Gasteiger partial charge in [0.25, 0.3) is 0 Å². The van der Waals surface area contributed by atoms with E-state index in [1.54, 1.807) is 18.5 Å². The number of rotatable bonds is 6. The van der Waals surface area contributed by atoms with Crippen molar-refractivity contribution in [3.05, 3.63) is 24.0 Å². The summed E-state index contributed by atoms with van der Waals surface area (Å²) in [5.41, 5.74) is 0.795. The van der Waals surface area contributed by atoms with Crippen LogP contribution < -0.4 is 4.74 Å². The Morgan fingerprint density at radius 3 is 3.06 bits per heavy atom. The van der Waals surface area contributed by atoms with Crippen LogP contribution in [-0.2, 0) is 6.61 Å². The summed E-state index contributed by atoms with van der Waals surface area (Å²) in [7, 11) is 2.12. The number of nitrogens with zero attached hydrogens (tertiary/aromatic N) is 2. The van der Waals surface area contributed by atoms with E-state index >= 15 is 0 Å². The number of hydrogen-bond acceptors (Lipinski definition) is 4. The molecule has 0 unspecified atom stereocenters. The van der Waals surface area contributed by atoms with Crippen LogP contribution in [0.2, 0.25) is 0 Å². The van der Waals surface area contributed by atoms with Crippen LogP contribution in [0.4, 0.5) is 0 Å². The van der Waals surface area contributed by atoms with Gasteiger partial charge in [0.15, 0.2) is 0 Å². The summed E-state index contributed by atoms with van der Waals surface area (Å²) >= 11 is 0. The van der Waals surface area contributed by atoms with Gasteiger partial charge in [-0.25, -0.2) is 0 Å². The topological polar surface area (TPSA) is 45.6 Å². The van der Waals surface area contributed by atoms with Crippen LogP contribution in [0.25, 0.3) is 0 Å². The summed E-state index contributed by atoms with van der Waals surface area (Å²) in [6.07, 6.45) is 5.94. The molecule has 4 nitrogen and oxygen atoms in total. The fraction of sp³-hybridized carbons (Fsp3) is 0.583. The molecule has 1 aliphatic rings. The van der Waals surface area contributed by atoms with E-state index in [2.05, 4.69) is 16.9 Å². The molecule has 0 radical (unpaired) electrons. The SMILES string of the molecule is CN(CCOc1cnccc1CO)C1CC1. The quantitative estimate of drug-likeness (QED) is 0.781. The smallest absolute Gasteiger partial charge is 0.143 e. The number of pyridine rings is 1. The van der Waals surface area contributed by atoms with Crippen LogP contribution >= 0.6 is 0 Å². The van der Waals surface area contributed by atoms with E-state index in [0.717, 1.165) is 18.2 Å². The third-order valence-electron chi connectivity index (χ3n) is 2.91. The Hall–Kier alpha value is -1.13. The zero-order valence-electron chi connectivity index (χ0n) is 9.59. The van der Waals surface area contributed by atoms with E-state index in [1.807, 2.05) is 0 Å². The van der Waals surface area contributed by atoms with Crippen molar-refractivity contribution in [2.45, 2.75) is 25.5 Å². The molecular formula is C12H18N2O2. The van der Waals surface area contributed by atoms with Gasteiger partial charge >= 0.3 is 0 Å². The highest BCUT2D eigenvalue weighted by Crippen LogP contribution is 2.25. The minimum Gasteiger partial charge on any atom is -0.490 e. The third kappa shape index (κ3) is 2.93. The fourth-order valence-corrected chi connectivity index (χ4v) is 1.67. The van der Waals surface area contributed by atoms with E-state index in [9.17, 15) is 0 Å². The third-order valence-corrected chi connectivity index (χ3v) is 2.91. The van der Waals surface area contributed by atoms with Crippen LogP contribution in [0.1, 0.15) is 18.4 Å². The summed E-state index contributed by atoms with van der Waals surface area (Å²) < 4.78 is 5.61. The fourth-order valence-electron chi connectivity index (χ4n) is 1.67. The first kappa shape index (κ1) is 11.4. The maximum Gasteiger partial charge on any atom is 0.143 e. The Bertz CT molecular complexity index is 340. The molecule has 1 saturated carbocycles. The molecule has 4 heteroatoms. The second-order valence-electron chi connectivity index (χ2n) is 4.20. The van der Waals surface area contributed by atoms with Crippen molar-refractivity contribution in [2.75, 3.05) is 20.2 Å². The highest BCUT2D eigenvalue weighted by molar-refractivity contribution is 5.28. The molecule has 16 heavy (non-hydrogen) atoms. The first-order valence-electron chi connectivity index (χ1n) is 5.68. The molecule has 1 aromatic heterocycles. The molecule has 0 spiro atoms. The lowest BCUT2D eigenvalue weighted by Crippen LogP contribution is -2.26. The van der Waals surface area contributed by atoms with E-state index in [-0.39, 0.29) is 6.61 Å². The Morgan fingerprint density at radius 2 is 2.38 bits per heavy atom. The molecule has 1 aromatic rings. The number of aliphatic hydroxyl groups excluding tert-OH is 1. The lowest BCUT2D eigenvalue weighted by Gasteiger charge is -2.16. The van der Waals surface area contributed by atoms with Crippen LogP contribution in [0.3, 0.4) is 0 Å². The van der Waals surface area contributed by atoms with Crippen LogP contribution in [-0.4, -0.2) is 41.2 Å². The average Bonchev–Trinajstić information content (AvgIpc) is 3.13. The van der Waals surface area contributed by atoms with E-state index < -0.39 is 0 Å². The van der Waals surface area contributed by atoms with Crippen molar-refractivity contribution in [2.24, 2.45) is 0 Å². The molecule has 0 aliphatic heterocycles. The minimum absolute atomic E-state index is 0.00365. The predicted octanol–water partition coefficient (Wildman–Crippen LogP) is 1.05. The lowest BCUT2D eigenvalue weighted by atomic mass is 10.2. The minimum atomic E-state index is -0.00365. The number of aromatic nitrogens is 1. The molecular weight excluding hydrogens is 204 g/mol. The highest BCUT2D eigenvalue weighted by atomic mass is 16.5. The van der Waals surface area contributed by atoms with Crippen molar-refractivity contribution in [1.82, 2.24) is 9.88 Å². The Morgan fingerprint density at radius 1 is 1.56 bits per heavy atom. The second-order valence-corrected chi connectivity index (χ2v) is 4.20. The molecule has 88 valence electrons. The average molecular weight is 222 g/mol. The zero-order chi connectivity index (χ0) is 11.4. The van der Waals surface area contributed by atoms with E-state index in [4.69, 9.17) is 9.84 Å². The lowest BCUT2D eigenvalue weighted by molar-refractivity contribution is 0.222.